The minimum atomic E-state index is -4.26. The quantitative estimate of drug-likeness (QED) is 0.454. The summed E-state index contributed by atoms with van der Waals surface area (Å²) in [5.74, 6) is -4.26. The van der Waals surface area contributed by atoms with Crippen molar-refractivity contribution in [3.63, 3.8) is 0 Å². The smallest absolute Gasteiger partial charge is 0.243 e. The van der Waals surface area contributed by atoms with Crippen molar-refractivity contribution >= 4 is 0 Å². The molecule has 0 aromatic heterocycles. The van der Waals surface area contributed by atoms with Crippen molar-refractivity contribution in [1.82, 2.24) is 0 Å². The van der Waals surface area contributed by atoms with Crippen LogP contribution >= 0.6 is 0 Å². The van der Waals surface area contributed by atoms with Gasteiger partial charge in [-0.1, -0.05) is 6.08 Å². The third-order valence-electron chi connectivity index (χ3n) is 1.04. The monoisotopic (exact) mass is 174 g/mol. The zero-order chi connectivity index (χ0) is 9.07. The number of allylic oxidation sites excluding steroid dienone is 1. The Labute approximate surface area is 60.7 Å². The number of hydrogen-bond acceptors (Lipinski definition) is 0. The number of hydrogen-bond donors (Lipinski definition) is 0. The van der Waals surface area contributed by atoms with Crippen LogP contribution in [0.25, 0.3) is 0 Å². The molecule has 0 aromatic carbocycles. The first-order valence-corrected chi connectivity index (χ1v) is 2.82. The van der Waals surface area contributed by atoms with Gasteiger partial charge in [-0.25, -0.2) is 22.0 Å². The Hall–Kier alpha value is -0.610. The Kier molecular flexibility index (Phi) is 3.48. The molecular weight excluding hydrogens is 167 g/mol. The zero-order valence-electron chi connectivity index (χ0n) is 5.54. The third-order valence-corrected chi connectivity index (χ3v) is 1.04. The molecule has 1 unspecified atom stereocenters. The van der Waals surface area contributed by atoms with Crippen molar-refractivity contribution in [2.75, 3.05) is 0 Å². The second-order valence-corrected chi connectivity index (χ2v) is 2.02. The van der Waals surface area contributed by atoms with E-state index in [4.69, 9.17) is 0 Å². The molecule has 0 N–H and O–H groups in total. The largest absolute Gasteiger partial charge is 0.310 e. The predicted molar refractivity (Wildman–Crippen MR) is 30.7 cm³/mol. The van der Waals surface area contributed by atoms with E-state index in [0.717, 1.165) is 0 Å². The maximum Gasteiger partial charge on any atom is 0.310 e. The maximum absolute atomic E-state index is 12.1. The van der Waals surface area contributed by atoms with Crippen LogP contribution in [0.2, 0.25) is 0 Å². The maximum atomic E-state index is 12.1. The lowest BCUT2D eigenvalue weighted by atomic mass is 10.1. The third kappa shape index (κ3) is 3.34. The first kappa shape index (κ1) is 10.4. The number of alkyl halides is 5. The standard InChI is InChI=1S/C6H7F5/c1-2-4(7)3-6(10,11)5(8)9/h2,4-5H,1,3H2. The first-order valence-electron chi connectivity index (χ1n) is 2.82. The Morgan fingerprint density at radius 2 is 1.73 bits per heavy atom. The minimum absolute atomic E-state index is 0.566. The van der Waals surface area contributed by atoms with Crippen LogP contribution in [-0.4, -0.2) is 18.5 Å². The number of rotatable bonds is 4. The Morgan fingerprint density at radius 1 is 1.27 bits per heavy atom. The van der Waals surface area contributed by atoms with E-state index in [9.17, 15) is 22.0 Å². The Bertz CT molecular complexity index is 131. The summed E-state index contributed by atoms with van der Waals surface area (Å²) >= 11 is 0. The van der Waals surface area contributed by atoms with E-state index in [2.05, 4.69) is 6.58 Å². The molecule has 0 aliphatic carbocycles. The van der Waals surface area contributed by atoms with Gasteiger partial charge in [-0.15, -0.1) is 6.58 Å². The van der Waals surface area contributed by atoms with Gasteiger partial charge in [0.05, 0.1) is 6.42 Å². The molecule has 0 radical (unpaired) electrons. The summed E-state index contributed by atoms with van der Waals surface area (Å²) in [5.41, 5.74) is 0. The van der Waals surface area contributed by atoms with Gasteiger partial charge in [0.2, 0.25) is 0 Å². The molecule has 0 saturated carbocycles. The topological polar surface area (TPSA) is 0 Å². The van der Waals surface area contributed by atoms with Gasteiger partial charge in [-0.05, 0) is 0 Å². The summed E-state index contributed by atoms with van der Waals surface area (Å²) < 4.78 is 58.7. The van der Waals surface area contributed by atoms with Crippen LogP contribution < -0.4 is 0 Å². The Balaban J connectivity index is 4.00. The van der Waals surface area contributed by atoms with E-state index in [0.29, 0.717) is 6.08 Å². The van der Waals surface area contributed by atoms with Crippen molar-refractivity contribution in [1.29, 1.82) is 0 Å². The predicted octanol–water partition coefficient (Wildman–Crippen LogP) is 2.80. The molecule has 0 aliphatic rings. The Morgan fingerprint density at radius 3 is 2.00 bits per heavy atom. The van der Waals surface area contributed by atoms with E-state index in [-0.39, 0.29) is 0 Å². The van der Waals surface area contributed by atoms with E-state index in [1.165, 1.54) is 0 Å². The molecule has 5 heteroatoms. The van der Waals surface area contributed by atoms with E-state index in [1.807, 2.05) is 0 Å². The molecule has 0 rings (SSSR count). The van der Waals surface area contributed by atoms with Crippen LogP contribution in [0, 0.1) is 0 Å². The summed E-state index contributed by atoms with van der Waals surface area (Å²) in [7, 11) is 0. The molecule has 11 heavy (non-hydrogen) atoms. The lowest BCUT2D eigenvalue weighted by Gasteiger charge is -2.15. The molecule has 0 aromatic rings. The molecule has 0 spiro atoms. The fourth-order valence-corrected chi connectivity index (χ4v) is 0.432. The SMILES string of the molecule is C=CC(F)CC(F)(F)C(F)F. The molecule has 0 fully saturated rings. The molecule has 0 nitrogen and oxygen atoms in total. The van der Waals surface area contributed by atoms with E-state index in [1.54, 1.807) is 0 Å². The molecule has 1 atom stereocenters. The summed E-state index contributed by atoms with van der Waals surface area (Å²) in [6, 6.07) is 0. The fraction of sp³-hybridized carbons (Fsp3) is 0.667. The molecule has 0 heterocycles. The van der Waals surface area contributed by atoms with Crippen molar-refractivity contribution in [2.45, 2.75) is 24.9 Å². The average molecular weight is 174 g/mol. The lowest BCUT2D eigenvalue weighted by Crippen LogP contribution is -2.29. The van der Waals surface area contributed by atoms with Crippen molar-refractivity contribution < 1.29 is 22.0 Å². The normalized spacial score (nSPS) is 15.1. The average Bonchev–Trinajstić information content (AvgIpc) is 1.86. The van der Waals surface area contributed by atoms with E-state index >= 15 is 0 Å². The molecule has 0 bridgehead atoms. The highest BCUT2D eigenvalue weighted by Crippen LogP contribution is 2.29. The van der Waals surface area contributed by atoms with Crippen molar-refractivity contribution in [3.05, 3.63) is 12.7 Å². The highest BCUT2D eigenvalue weighted by Gasteiger charge is 2.42. The molecular formula is C6H7F5. The summed E-state index contributed by atoms with van der Waals surface area (Å²) in [4.78, 5) is 0. The van der Waals surface area contributed by atoms with Crippen LogP contribution in [-0.2, 0) is 0 Å². The van der Waals surface area contributed by atoms with Gasteiger partial charge in [0.25, 0.3) is 0 Å². The van der Waals surface area contributed by atoms with Gasteiger partial charge in [0.15, 0.2) is 0 Å². The van der Waals surface area contributed by atoms with Crippen LogP contribution in [0.3, 0.4) is 0 Å². The highest BCUT2D eigenvalue weighted by molar-refractivity contribution is 4.84. The van der Waals surface area contributed by atoms with Crippen LogP contribution in [0.5, 0.6) is 0 Å². The lowest BCUT2D eigenvalue weighted by molar-refractivity contribution is -0.139. The second-order valence-electron chi connectivity index (χ2n) is 2.02. The van der Waals surface area contributed by atoms with E-state index < -0.39 is 24.9 Å². The zero-order valence-corrected chi connectivity index (χ0v) is 5.54. The minimum Gasteiger partial charge on any atom is -0.243 e. The molecule has 66 valence electrons. The first-order chi connectivity index (χ1) is 4.90. The molecule has 0 saturated heterocycles. The fourth-order valence-electron chi connectivity index (χ4n) is 0.432. The van der Waals surface area contributed by atoms with Crippen LogP contribution in [0.1, 0.15) is 6.42 Å². The van der Waals surface area contributed by atoms with Gasteiger partial charge in [0, 0.05) is 0 Å². The van der Waals surface area contributed by atoms with Crippen molar-refractivity contribution in [3.8, 4) is 0 Å². The van der Waals surface area contributed by atoms with Gasteiger partial charge < -0.3 is 0 Å². The van der Waals surface area contributed by atoms with Crippen LogP contribution in [0.4, 0.5) is 22.0 Å². The van der Waals surface area contributed by atoms with Gasteiger partial charge >= 0.3 is 12.3 Å². The van der Waals surface area contributed by atoms with Gasteiger partial charge in [0.1, 0.15) is 6.17 Å². The number of halogens is 5. The molecule has 0 amide bonds. The van der Waals surface area contributed by atoms with Gasteiger partial charge in [-0.2, -0.15) is 0 Å². The van der Waals surface area contributed by atoms with Gasteiger partial charge in [-0.3, -0.25) is 0 Å². The summed E-state index contributed by atoms with van der Waals surface area (Å²) in [6.45, 7) is 2.85. The van der Waals surface area contributed by atoms with Crippen molar-refractivity contribution in [2.24, 2.45) is 0 Å². The second kappa shape index (κ2) is 3.69. The summed E-state index contributed by atoms with van der Waals surface area (Å²) in [6.07, 6.45) is -6.84. The van der Waals surface area contributed by atoms with Crippen LogP contribution in [0.15, 0.2) is 12.7 Å². The highest BCUT2D eigenvalue weighted by atomic mass is 19.3. The summed E-state index contributed by atoms with van der Waals surface area (Å²) in [5, 5.41) is 0. The molecule has 0 aliphatic heterocycles.